The number of rotatable bonds is 4. The van der Waals surface area contributed by atoms with E-state index in [1.807, 2.05) is 13.0 Å². The van der Waals surface area contributed by atoms with Gasteiger partial charge in [-0.3, -0.25) is 0 Å². The third-order valence-corrected chi connectivity index (χ3v) is 3.63. The second-order valence-corrected chi connectivity index (χ2v) is 6.02. The van der Waals surface area contributed by atoms with Crippen molar-refractivity contribution in [2.45, 2.75) is 33.2 Å². The van der Waals surface area contributed by atoms with Crippen molar-refractivity contribution in [3.63, 3.8) is 0 Å². The zero-order valence-corrected chi connectivity index (χ0v) is 13.6. The average molecular weight is 335 g/mol. The summed E-state index contributed by atoms with van der Waals surface area (Å²) in [7, 11) is 0. The molecule has 0 atom stereocenters. The number of ether oxygens (including phenoxy) is 1. The average Bonchev–Trinajstić information content (AvgIpc) is 2.42. The van der Waals surface area contributed by atoms with Gasteiger partial charge in [-0.2, -0.15) is 0 Å². The van der Waals surface area contributed by atoms with E-state index in [0.717, 1.165) is 21.3 Å². The van der Waals surface area contributed by atoms with Crippen LogP contribution in [0.4, 0.5) is 0 Å². The molecule has 0 radical (unpaired) electrons. The van der Waals surface area contributed by atoms with E-state index in [9.17, 15) is 0 Å². The Hall–Kier alpha value is -1.39. The van der Waals surface area contributed by atoms with Crippen LogP contribution >= 0.6 is 15.9 Å². The number of hydrogen-bond acceptors (Lipinski definition) is 3. The minimum Gasteiger partial charge on any atom is -0.438 e. The standard InChI is InChI=1S/C16H19BrN2O/c1-10(2)12-5-4-11(3)15(7-12)20-16-13(8-18)6-14(17)9-19-16/h4-7,9-10H,8,18H2,1-3H3. The third kappa shape index (κ3) is 3.38. The molecule has 0 fully saturated rings. The molecular weight excluding hydrogens is 316 g/mol. The summed E-state index contributed by atoms with van der Waals surface area (Å²) in [5.41, 5.74) is 8.96. The second-order valence-electron chi connectivity index (χ2n) is 5.10. The Morgan fingerprint density at radius 2 is 2.05 bits per heavy atom. The van der Waals surface area contributed by atoms with Crippen LogP contribution in [0.15, 0.2) is 34.9 Å². The molecule has 0 aliphatic rings. The van der Waals surface area contributed by atoms with Gasteiger partial charge in [0, 0.05) is 22.8 Å². The third-order valence-electron chi connectivity index (χ3n) is 3.20. The van der Waals surface area contributed by atoms with Gasteiger partial charge in [-0.15, -0.1) is 0 Å². The molecule has 2 aromatic rings. The van der Waals surface area contributed by atoms with E-state index < -0.39 is 0 Å². The fourth-order valence-electron chi connectivity index (χ4n) is 1.90. The van der Waals surface area contributed by atoms with Crippen LogP contribution in [0.1, 0.15) is 36.5 Å². The highest BCUT2D eigenvalue weighted by atomic mass is 79.9. The van der Waals surface area contributed by atoms with Crippen LogP contribution in [0.2, 0.25) is 0 Å². The molecule has 2 N–H and O–H groups in total. The molecule has 0 unspecified atom stereocenters. The lowest BCUT2D eigenvalue weighted by atomic mass is 10.0. The van der Waals surface area contributed by atoms with Crippen molar-refractivity contribution in [2.75, 3.05) is 0 Å². The van der Waals surface area contributed by atoms with Gasteiger partial charge in [-0.1, -0.05) is 26.0 Å². The maximum Gasteiger partial charge on any atom is 0.223 e. The first-order valence-corrected chi connectivity index (χ1v) is 7.43. The van der Waals surface area contributed by atoms with Crippen molar-refractivity contribution < 1.29 is 4.74 Å². The first kappa shape index (κ1) is 15.0. The number of hydrogen-bond donors (Lipinski definition) is 1. The summed E-state index contributed by atoms with van der Waals surface area (Å²) in [4.78, 5) is 4.31. The molecule has 20 heavy (non-hydrogen) atoms. The Balaban J connectivity index is 2.36. The van der Waals surface area contributed by atoms with Crippen LogP contribution in [0.3, 0.4) is 0 Å². The zero-order chi connectivity index (χ0) is 14.7. The van der Waals surface area contributed by atoms with Crippen molar-refractivity contribution in [1.29, 1.82) is 0 Å². The van der Waals surface area contributed by atoms with Gasteiger partial charge in [0.15, 0.2) is 0 Å². The Morgan fingerprint density at radius 3 is 2.70 bits per heavy atom. The highest BCUT2D eigenvalue weighted by molar-refractivity contribution is 9.10. The molecule has 2 rings (SSSR count). The molecule has 0 aliphatic heterocycles. The number of nitrogens with two attached hydrogens (primary N) is 1. The first-order valence-electron chi connectivity index (χ1n) is 6.64. The van der Waals surface area contributed by atoms with Crippen molar-refractivity contribution in [2.24, 2.45) is 5.73 Å². The summed E-state index contributed by atoms with van der Waals surface area (Å²) in [6, 6.07) is 8.21. The topological polar surface area (TPSA) is 48.1 Å². The van der Waals surface area contributed by atoms with Crippen LogP contribution in [0.25, 0.3) is 0 Å². The van der Waals surface area contributed by atoms with Gasteiger partial charge in [0.2, 0.25) is 5.88 Å². The molecule has 1 aromatic carbocycles. The van der Waals surface area contributed by atoms with Gasteiger partial charge in [0.05, 0.1) is 0 Å². The van der Waals surface area contributed by atoms with Crippen molar-refractivity contribution >= 4 is 15.9 Å². The molecule has 0 aliphatic carbocycles. The number of halogens is 1. The fraction of sp³-hybridized carbons (Fsp3) is 0.312. The van der Waals surface area contributed by atoms with E-state index in [1.54, 1.807) is 6.20 Å². The van der Waals surface area contributed by atoms with Gasteiger partial charge in [-0.05, 0) is 52.0 Å². The smallest absolute Gasteiger partial charge is 0.223 e. The summed E-state index contributed by atoms with van der Waals surface area (Å²) < 4.78 is 6.87. The molecule has 0 amide bonds. The summed E-state index contributed by atoms with van der Waals surface area (Å²) in [6.07, 6.45) is 1.72. The molecule has 0 bridgehead atoms. The molecular formula is C16H19BrN2O. The van der Waals surface area contributed by atoms with Crippen LogP contribution in [0, 0.1) is 6.92 Å². The molecule has 1 heterocycles. The number of pyridine rings is 1. The SMILES string of the molecule is Cc1ccc(C(C)C)cc1Oc1ncc(Br)cc1CN. The zero-order valence-electron chi connectivity index (χ0n) is 12.0. The van der Waals surface area contributed by atoms with E-state index in [1.165, 1.54) is 5.56 Å². The van der Waals surface area contributed by atoms with E-state index in [-0.39, 0.29) is 0 Å². The van der Waals surface area contributed by atoms with Crippen LogP contribution in [0.5, 0.6) is 11.6 Å². The van der Waals surface area contributed by atoms with E-state index in [2.05, 4.69) is 53.0 Å². The minimum absolute atomic E-state index is 0.394. The maximum absolute atomic E-state index is 5.97. The van der Waals surface area contributed by atoms with Crippen LogP contribution < -0.4 is 10.5 Å². The van der Waals surface area contributed by atoms with E-state index in [4.69, 9.17) is 10.5 Å². The number of aromatic nitrogens is 1. The second kappa shape index (κ2) is 6.37. The lowest BCUT2D eigenvalue weighted by molar-refractivity contribution is 0.452. The monoisotopic (exact) mass is 334 g/mol. The Kier molecular flexibility index (Phi) is 4.78. The summed E-state index contributed by atoms with van der Waals surface area (Å²) in [5.74, 6) is 1.87. The molecule has 1 aromatic heterocycles. The molecule has 4 heteroatoms. The predicted octanol–water partition coefficient (Wildman–Crippen LogP) is 4.53. The van der Waals surface area contributed by atoms with Crippen molar-refractivity contribution in [1.82, 2.24) is 4.98 Å². The lowest BCUT2D eigenvalue weighted by Gasteiger charge is -2.14. The number of benzene rings is 1. The molecule has 106 valence electrons. The molecule has 0 saturated carbocycles. The Morgan fingerprint density at radius 1 is 1.30 bits per heavy atom. The van der Waals surface area contributed by atoms with Gasteiger partial charge in [-0.25, -0.2) is 4.98 Å². The Bertz CT molecular complexity index is 611. The normalized spacial score (nSPS) is 10.9. The summed E-state index contributed by atoms with van der Waals surface area (Å²) >= 11 is 3.39. The van der Waals surface area contributed by atoms with Gasteiger partial charge >= 0.3 is 0 Å². The van der Waals surface area contributed by atoms with Crippen molar-refractivity contribution in [3.05, 3.63) is 51.6 Å². The number of aryl methyl sites for hydroxylation is 1. The molecule has 3 nitrogen and oxygen atoms in total. The highest BCUT2D eigenvalue weighted by Gasteiger charge is 2.10. The highest BCUT2D eigenvalue weighted by Crippen LogP contribution is 2.30. The van der Waals surface area contributed by atoms with Crippen LogP contribution in [-0.2, 0) is 6.54 Å². The van der Waals surface area contributed by atoms with Gasteiger partial charge < -0.3 is 10.5 Å². The minimum atomic E-state index is 0.394. The largest absolute Gasteiger partial charge is 0.438 e. The van der Waals surface area contributed by atoms with Crippen LogP contribution in [-0.4, -0.2) is 4.98 Å². The summed E-state index contributed by atoms with van der Waals surface area (Å²) in [6.45, 7) is 6.75. The van der Waals surface area contributed by atoms with E-state index in [0.29, 0.717) is 18.3 Å². The summed E-state index contributed by atoms with van der Waals surface area (Å²) in [5, 5.41) is 0. The van der Waals surface area contributed by atoms with Gasteiger partial charge in [0.25, 0.3) is 0 Å². The van der Waals surface area contributed by atoms with E-state index >= 15 is 0 Å². The first-order chi connectivity index (χ1) is 9.51. The lowest BCUT2D eigenvalue weighted by Crippen LogP contribution is -2.02. The molecule has 0 spiro atoms. The quantitative estimate of drug-likeness (QED) is 0.893. The predicted molar refractivity (Wildman–Crippen MR) is 85.2 cm³/mol. The Labute approximate surface area is 128 Å². The molecule has 0 saturated heterocycles. The van der Waals surface area contributed by atoms with Crippen molar-refractivity contribution in [3.8, 4) is 11.6 Å². The fourth-order valence-corrected chi connectivity index (χ4v) is 2.28. The maximum atomic E-state index is 5.97. The van der Waals surface area contributed by atoms with Gasteiger partial charge in [0.1, 0.15) is 5.75 Å². The number of nitrogens with zero attached hydrogens (tertiary/aromatic N) is 1.